The molecule has 0 saturated heterocycles. The summed E-state index contributed by atoms with van der Waals surface area (Å²) in [5.41, 5.74) is 4.08. The van der Waals surface area contributed by atoms with Gasteiger partial charge in [-0.25, -0.2) is 8.42 Å². The topological polar surface area (TPSA) is 84.9 Å². The van der Waals surface area contributed by atoms with Gasteiger partial charge in [0.1, 0.15) is 6.54 Å². The summed E-state index contributed by atoms with van der Waals surface area (Å²) in [6.45, 7) is 2.12. The molecule has 1 aliphatic heterocycles. The van der Waals surface area contributed by atoms with Crippen LogP contribution in [0.4, 0.5) is 5.69 Å². The van der Waals surface area contributed by atoms with E-state index in [0.717, 1.165) is 23.1 Å². The summed E-state index contributed by atoms with van der Waals surface area (Å²) in [4.78, 5) is 13.0. The number of carbonyl (C=O) groups excluding carboxylic acids is 1. The lowest BCUT2D eigenvalue weighted by atomic mass is 9.99. The SMILES string of the molecule is CCc1ccc2c(c1)-c1ccccc1S(=O)(=O)N2CC(=O)NCCc1ccc(OC)c(OC)c1. The summed E-state index contributed by atoms with van der Waals surface area (Å²) < 4.78 is 38.6. The van der Waals surface area contributed by atoms with Crippen LogP contribution in [0.2, 0.25) is 0 Å². The minimum Gasteiger partial charge on any atom is -0.493 e. The summed E-state index contributed by atoms with van der Waals surface area (Å²) in [5, 5.41) is 2.84. The van der Waals surface area contributed by atoms with Crippen LogP contribution in [0.25, 0.3) is 11.1 Å². The number of benzene rings is 3. The fourth-order valence-electron chi connectivity index (χ4n) is 4.14. The fourth-order valence-corrected chi connectivity index (χ4v) is 5.79. The number of anilines is 1. The van der Waals surface area contributed by atoms with E-state index in [9.17, 15) is 13.2 Å². The number of amides is 1. The first-order valence-electron chi connectivity index (χ1n) is 11.1. The van der Waals surface area contributed by atoms with Crippen molar-refractivity contribution in [1.82, 2.24) is 5.32 Å². The Bertz CT molecular complexity index is 1320. The molecule has 178 valence electrons. The summed E-state index contributed by atoms with van der Waals surface area (Å²) in [5.74, 6) is 0.886. The highest BCUT2D eigenvalue weighted by Gasteiger charge is 2.35. The largest absolute Gasteiger partial charge is 0.493 e. The van der Waals surface area contributed by atoms with Gasteiger partial charge in [0.2, 0.25) is 5.91 Å². The third kappa shape index (κ3) is 4.46. The smallest absolute Gasteiger partial charge is 0.265 e. The van der Waals surface area contributed by atoms with E-state index < -0.39 is 10.0 Å². The first-order valence-corrected chi connectivity index (χ1v) is 12.6. The normalized spacial score (nSPS) is 13.6. The number of nitrogens with one attached hydrogen (secondary N) is 1. The van der Waals surface area contributed by atoms with Crippen LogP contribution in [0.1, 0.15) is 18.1 Å². The molecule has 0 spiro atoms. The first-order chi connectivity index (χ1) is 16.4. The number of methoxy groups -OCH3 is 2. The second-order valence-electron chi connectivity index (χ2n) is 8.00. The molecule has 1 heterocycles. The minimum atomic E-state index is -3.86. The van der Waals surface area contributed by atoms with Crippen LogP contribution in [0.5, 0.6) is 11.5 Å². The number of fused-ring (bicyclic) bond motifs is 3. The Labute approximate surface area is 200 Å². The van der Waals surface area contributed by atoms with Gasteiger partial charge in [0.15, 0.2) is 11.5 Å². The molecule has 0 aliphatic carbocycles. The summed E-state index contributed by atoms with van der Waals surface area (Å²) >= 11 is 0. The van der Waals surface area contributed by atoms with Crippen LogP contribution < -0.4 is 19.1 Å². The quantitative estimate of drug-likeness (QED) is 0.530. The van der Waals surface area contributed by atoms with Crippen molar-refractivity contribution in [2.24, 2.45) is 0 Å². The molecule has 1 N–H and O–H groups in total. The van der Waals surface area contributed by atoms with E-state index in [2.05, 4.69) is 12.2 Å². The summed E-state index contributed by atoms with van der Waals surface area (Å²) in [7, 11) is -0.716. The standard InChI is InChI=1S/C26H28N2O5S/c1-4-18-9-11-22-21(15-18)20-7-5-6-8-25(20)34(30,31)28(22)17-26(29)27-14-13-19-10-12-23(32-2)24(16-19)33-3/h5-12,15-16H,4,13-14,17H2,1-3H3,(H,27,29). The zero-order valence-corrected chi connectivity index (χ0v) is 20.3. The van der Waals surface area contributed by atoms with Gasteiger partial charge in [0.25, 0.3) is 10.0 Å². The Hall–Kier alpha value is -3.52. The maximum absolute atomic E-state index is 13.4. The van der Waals surface area contributed by atoms with Gasteiger partial charge in [-0.3, -0.25) is 9.10 Å². The van der Waals surface area contributed by atoms with E-state index in [-0.39, 0.29) is 17.3 Å². The molecule has 0 saturated carbocycles. The van der Waals surface area contributed by atoms with Crippen LogP contribution in [-0.2, 0) is 27.7 Å². The van der Waals surface area contributed by atoms with Crippen molar-refractivity contribution >= 4 is 21.6 Å². The number of ether oxygens (including phenoxy) is 2. The molecule has 4 rings (SSSR count). The van der Waals surface area contributed by atoms with Gasteiger partial charge in [-0.2, -0.15) is 0 Å². The Morgan fingerprint density at radius 3 is 2.38 bits per heavy atom. The Morgan fingerprint density at radius 2 is 1.65 bits per heavy atom. The monoisotopic (exact) mass is 480 g/mol. The molecule has 7 nitrogen and oxygen atoms in total. The van der Waals surface area contributed by atoms with Gasteiger partial charge in [0.05, 0.1) is 24.8 Å². The average Bonchev–Trinajstić information content (AvgIpc) is 2.86. The van der Waals surface area contributed by atoms with E-state index in [4.69, 9.17) is 9.47 Å². The first kappa shape index (κ1) is 23.6. The second kappa shape index (κ2) is 9.77. The van der Waals surface area contributed by atoms with Crippen molar-refractivity contribution in [3.05, 3.63) is 71.8 Å². The molecule has 0 fully saturated rings. The third-order valence-corrected chi connectivity index (χ3v) is 7.77. The van der Waals surface area contributed by atoms with Gasteiger partial charge in [-0.05, 0) is 54.3 Å². The highest BCUT2D eigenvalue weighted by atomic mass is 32.2. The number of carbonyl (C=O) groups is 1. The van der Waals surface area contributed by atoms with Crippen LogP contribution >= 0.6 is 0 Å². The lowest BCUT2D eigenvalue weighted by Crippen LogP contribution is -2.43. The van der Waals surface area contributed by atoms with E-state index in [1.54, 1.807) is 32.4 Å². The zero-order chi connectivity index (χ0) is 24.3. The molecule has 0 unspecified atom stereocenters. The molecular weight excluding hydrogens is 452 g/mol. The lowest BCUT2D eigenvalue weighted by Gasteiger charge is -2.32. The summed E-state index contributed by atoms with van der Waals surface area (Å²) in [6, 6.07) is 18.2. The minimum absolute atomic E-state index is 0.217. The molecule has 1 aliphatic rings. The number of sulfonamides is 1. The van der Waals surface area contributed by atoms with Crippen molar-refractivity contribution < 1.29 is 22.7 Å². The van der Waals surface area contributed by atoms with Gasteiger partial charge in [-0.15, -0.1) is 0 Å². The van der Waals surface area contributed by atoms with E-state index in [1.807, 2.05) is 42.5 Å². The summed E-state index contributed by atoms with van der Waals surface area (Å²) in [6.07, 6.45) is 1.40. The number of nitrogens with zero attached hydrogens (tertiary/aromatic N) is 1. The predicted molar refractivity (Wildman–Crippen MR) is 132 cm³/mol. The van der Waals surface area contributed by atoms with Gasteiger partial charge in [0, 0.05) is 17.7 Å². The third-order valence-electron chi connectivity index (χ3n) is 5.95. The number of hydrogen-bond donors (Lipinski definition) is 1. The second-order valence-corrected chi connectivity index (χ2v) is 9.83. The molecule has 1 amide bonds. The van der Waals surface area contributed by atoms with Crippen molar-refractivity contribution in [2.45, 2.75) is 24.7 Å². The number of aryl methyl sites for hydroxylation is 1. The maximum Gasteiger partial charge on any atom is 0.265 e. The van der Waals surface area contributed by atoms with Crippen molar-refractivity contribution in [2.75, 3.05) is 31.6 Å². The van der Waals surface area contributed by atoms with Crippen LogP contribution in [-0.4, -0.2) is 41.6 Å². The van der Waals surface area contributed by atoms with Crippen molar-refractivity contribution in [3.8, 4) is 22.6 Å². The Morgan fingerprint density at radius 1 is 0.912 bits per heavy atom. The zero-order valence-electron chi connectivity index (χ0n) is 19.5. The molecule has 0 radical (unpaired) electrons. The van der Waals surface area contributed by atoms with Gasteiger partial charge < -0.3 is 14.8 Å². The highest BCUT2D eigenvalue weighted by Crippen LogP contribution is 2.43. The van der Waals surface area contributed by atoms with Crippen molar-refractivity contribution in [1.29, 1.82) is 0 Å². The number of rotatable bonds is 8. The molecule has 0 aromatic heterocycles. The van der Waals surface area contributed by atoms with E-state index >= 15 is 0 Å². The molecule has 8 heteroatoms. The van der Waals surface area contributed by atoms with E-state index in [0.29, 0.717) is 35.7 Å². The highest BCUT2D eigenvalue weighted by molar-refractivity contribution is 7.93. The Balaban J connectivity index is 1.52. The number of hydrogen-bond acceptors (Lipinski definition) is 5. The fraction of sp³-hybridized carbons (Fsp3) is 0.269. The average molecular weight is 481 g/mol. The van der Waals surface area contributed by atoms with Crippen molar-refractivity contribution in [3.63, 3.8) is 0 Å². The molecule has 0 atom stereocenters. The van der Waals surface area contributed by atoms with Crippen LogP contribution in [0.15, 0.2) is 65.6 Å². The predicted octanol–water partition coefficient (Wildman–Crippen LogP) is 3.80. The molecule has 34 heavy (non-hydrogen) atoms. The van der Waals surface area contributed by atoms with Gasteiger partial charge >= 0.3 is 0 Å². The Kier molecular flexibility index (Phi) is 6.79. The molecular formula is C26H28N2O5S. The van der Waals surface area contributed by atoms with Crippen LogP contribution in [0, 0.1) is 0 Å². The maximum atomic E-state index is 13.4. The molecule has 3 aromatic carbocycles. The molecule has 3 aromatic rings. The lowest BCUT2D eigenvalue weighted by molar-refractivity contribution is -0.119. The van der Waals surface area contributed by atoms with Crippen LogP contribution in [0.3, 0.4) is 0 Å². The van der Waals surface area contributed by atoms with Gasteiger partial charge in [-0.1, -0.05) is 37.3 Å². The molecule has 0 bridgehead atoms. The van der Waals surface area contributed by atoms with E-state index in [1.165, 1.54) is 4.31 Å².